The van der Waals surface area contributed by atoms with Crippen molar-refractivity contribution < 1.29 is 9.53 Å². The summed E-state index contributed by atoms with van der Waals surface area (Å²) in [5.74, 6) is 0.980. The summed E-state index contributed by atoms with van der Waals surface area (Å²) in [6.45, 7) is 3.37. The Morgan fingerprint density at radius 2 is 1.97 bits per heavy atom. The minimum atomic E-state index is 0.0182. The Hall–Kier alpha value is -3.15. The number of ether oxygens (including phenoxy) is 1. The number of likely N-dealkylation sites (tertiary alicyclic amines) is 1. The van der Waals surface area contributed by atoms with Crippen LogP contribution in [0.2, 0.25) is 0 Å². The van der Waals surface area contributed by atoms with Crippen LogP contribution in [0.15, 0.2) is 55.0 Å². The molecule has 6 heteroatoms. The maximum atomic E-state index is 13.2. The highest BCUT2D eigenvalue weighted by Crippen LogP contribution is 2.35. The lowest BCUT2D eigenvalue weighted by atomic mass is 9.94. The van der Waals surface area contributed by atoms with Crippen LogP contribution in [0.5, 0.6) is 5.75 Å². The molecule has 1 saturated heterocycles. The molecule has 0 saturated carbocycles. The highest BCUT2D eigenvalue weighted by atomic mass is 16.5. The molecule has 6 nitrogen and oxygen atoms in total. The number of nitrogens with one attached hydrogen (secondary N) is 1. The van der Waals surface area contributed by atoms with Crippen molar-refractivity contribution in [3.05, 3.63) is 66.2 Å². The maximum Gasteiger partial charge on any atom is 0.227 e. The molecule has 1 aliphatic rings. The Morgan fingerprint density at radius 3 is 2.72 bits per heavy atom. The number of carbonyl (C=O) groups is 1. The van der Waals surface area contributed by atoms with Gasteiger partial charge in [0, 0.05) is 24.5 Å². The molecule has 150 valence electrons. The second-order valence-corrected chi connectivity index (χ2v) is 7.29. The van der Waals surface area contributed by atoms with Gasteiger partial charge in [0.15, 0.2) is 0 Å². The fraction of sp³-hybridized carbons (Fsp3) is 0.348. The molecule has 1 aromatic carbocycles. The number of carbonyl (C=O) groups excluding carboxylic acids is 1. The summed E-state index contributed by atoms with van der Waals surface area (Å²) in [7, 11) is 0. The van der Waals surface area contributed by atoms with Crippen LogP contribution in [0.4, 0.5) is 0 Å². The van der Waals surface area contributed by atoms with Crippen LogP contribution in [0, 0.1) is 0 Å². The Balaban J connectivity index is 1.54. The lowest BCUT2D eigenvalue weighted by Gasteiger charge is -2.36. The summed E-state index contributed by atoms with van der Waals surface area (Å²) in [6, 6.07) is 11.8. The first-order chi connectivity index (χ1) is 14.3. The number of H-pyrrole nitrogens is 1. The molecule has 29 heavy (non-hydrogen) atoms. The predicted octanol–water partition coefficient (Wildman–Crippen LogP) is 4.17. The second-order valence-electron chi connectivity index (χ2n) is 7.29. The van der Waals surface area contributed by atoms with E-state index in [9.17, 15) is 4.79 Å². The smallest absolute Gasteiger partial charge is 0.227 e. The first kappa shape index (κ1) is 19.2. The number of nitrogens with zero attached hydrogens (tertiary/aromatic N) is 3. The van der Waals surface area contributed by atoms with Crippen molar-refractivity contribution in [2.75, 3.05) is 13.2 Å². The molecular weight excluding hydrogens is 364 g/mol. The molecule has 0 aliphatic carbocycles. The van der Waals surface area contributed by atoms with Crippen LogP contribution < -0.4 is 4.74 Å². The third-order valence-corrected chi connectivity index (χ3v) is 5.41. The average molecular weight is 390 g/mol. The van der Waals surface area contributed by atoms with E-state index in [-0.39, 0.29) is 11.9 Å². The van der Waals surface area contributed by atoms with E-state index in [0.29, 0.717) is 13.0 Å². The summed E-state index contributed by atoms with van der Waals surface area (Å²) in [5, 5.41) is 7.44. The Bertz CT molecular complexity index is 937. The highest BCUT2D eigenvalue weighted by Gasteiger charge is 2.30. The molecule has 1 aliphatic heterocycles. The largest absolute Gasteiger partial charge is 0.494 e. The SMILES string of the molecule is CCOc1ccc(CC(=O)N2CCCCC2c2[nH]ncc2-c2ccncc2)cc1. The maximum absolute atomic E-state index is 13.2. The molecular formula is C23H26N4O2. The zero-order valence-corrected chi connectivity index (χ0v) is 16.7. The monoisotopic (exact) mass is 390 g/mol. The van der Waals surface area contributed by atoms with Crippen molar-refractivity contribution in [2.45, 2.75) is 38.6 Å². The fourth-order valence-electron chi connectivity index (χ4n) is 3.99. The molecule has 0 spiro atoms. The highest BCUT2D eigenvalue weighted by molar-refractivity contribution is 5.80. The topological polar surface area (TPSA) is 71.1 Å². The number of aromatic amines is 1. The van der Waals surface area contributed by atoms with E-state index >= 15 is 0 Å². The molecule has 1 fully saturated rings. The van der Waals surface area contributed by atoms with Gasteiger partial charge in [0.2, 0.25) is 5.91 Å². The normalized spacial score (nSPS) is 16.6. The molecule has 3 aromatic rings. The van der Waals surface area contributed by atoms with E-state index < -0.39 is 0 Å². The van der Waals surface area contributed by atoms with Gasteiger partial charge in [0.1, 0.15) is 5.75 Å². The second kappa shape index (κ2) is 8.90. The fourth-order valence-corrected chi connectivity index (χ4v) is 3.99. The number of hydrogen-bond acceptors (Lipinski definition) is 4. The number of pyridine rings is 1. The summed E-state index contributed by atoms with van der Waals surface area (Å²) < 4.78 is 5.49. The molecule has 0 bridgehead atoms. The lowest BCUT2D eigenvalue weighted by molar-refractivity contribution is -0.134. The average Bonchev–Trinajstić information content (AvgIpc) is 3.26. The Labute approximate surface area is 170 Å². The van der Waals surface area contributed by atoms with Crippen LogP contribution in [-0.4, -0.2) is 39.1 Å². The predicted molar refractivity (Wildman–Crippen MR) is 111 cm³/mol. The first-order valence-corrected chi connectivity index (χ1v) is 10.2. The molecule has 2 aromatic heterocycles. The van der Waals surface area contributed by atoms with Gasteiger partial charge in [-0.15, -0.1) is 0 Å². The summed E-state index contributed by atoms with van der Waals surface area (Å²) in [4.78, 5) is 19.3. The van der Waals surface area contributed by atoms with Gasteiger partial charge in [-0.25, -0.2) is 0 Å². The molecule has 3 heterocycles. The van der Waals surface area contributed by atoms with Gasteiger partial charge in [0.05, 0.1) is 31.0 Å². The van der Waals surface area contributed by atoms with Crippen molar-refractivity contribution >= 4 is 5.91 Å². The molecule has 4 rings (SSSR count). The zero-order chi connectivity index (χ0) is 20.1. The molecule has 1 amide bonds. The quantitative estimate of drug-likeness (QED) is 0.686. The number of rotatable bonds is 6. The van der Waals surface area contributed by atoms with Crippen LogP contribution in [0.3, 0.4) is 0 Å². The minimum Gasteiger partial charge on any atom is -0.494 e. The number of aromatic nitrogens is 3. The Kier molecular flexibility index (Phi) is 5.89. The van der Waals surface area contributed by atoms with Gasteiger partial charge in [0.25, 0.3) is 0 Å². The summed E-state index contributed by atoms with van der Waals surface area (Å²) >= 11 is 0. The van der Waals surface area contributed by atoms with E-state index in [1.165, 1.54) is 0 Å². The number of piperidine rings is 1. The van der Waals surface area contributed by atoms with E-state index in [0.717, 1.165) is 53.9 Å². The summed E-state index contributed by atoms with van der Waals surface area (Å²) in [5.41, 5.74) is 4.11. The zero-order valence-electron chi connectivity index (χ0n) is 16.7. The molecule has 1 unspecified atom stereocenters. The van der Waals surface area contributed by atoms with Crippen molar-refractivity contribution in [3.63, 3.8) is 0 Å². The van der Waals surface area contributed by atoms with Crippen LogP contribution in [-0.2, 0) is 11.2 Å². The number of hydrogen-bond donors (Lipinski definition) is 1. The van der Waals surface area contributed by atoms with Gasteiger partial charge >= 0.3 is 0 Å². The summed E-state index contributed by atoms with van der Waals surface area (Å²) in [6.07, 6.45) is 8.87. The van der Waals surface area contributed by atoms with E-state index in [1.54, 1.807) is 12.4 Å². The van der Waals surface area contributed by atoms with E-state index in [4.69, 9.17) is 4.74 Å². The van der Waals surface area contributed by atoms with Gasteiger partial charge in [-0.3, -0.25) is 14.9 Å². The standard InChI is InChI=1S/C23H26N4O2/c1-2-29-19-8-6-17(7-9-19)15-22(28)27-14-4-3-5-21(27)23-20(16-25-26-23)18-10-12-24-13-11-18/h6-13,16,21H,2-5,14-15H2,1H3,(H,25,26). The van der Waals surface area contributed by atoms with Crippen molar-refractivity contribution in [1.82, 2.24) is 20.1 Å². The van der Waals surface area contributed by atoms with Crippen molar-refractivity contribution in [3.8, 4) is 16.9 Å². The van der Waals surface area contributed by atoms with Gasteiger partial charge in [-0.2, -0.15) is 5.10 Å². The van der Waals surface area contributed by atoms with Gasteiger partial charge in [-0.1, -0.05) is 12.1 Å². The molecule has 0 radical (unpaired) electrons. The van der Waals surface area contributed by atoms with Crippen LogP contribution >= 0.6 is 0 Å². The third kappa shape index (κ3) is 4.31. The van der Waals surface area contributed by atoms with Crippen molar-refractivity contribution in [2.24, 2.45) is 0 Å². The number of amides is 1. The minimum absolute atomic E-state index is 0.0182. The lowest BCUT2D eigenvalue weighted by Crippen LogP contribution is -2.39. The number of benzene rings is 1. The van der Waals surface area contributed by atoms with Crippen LogP contribution in [0.1, 0.15) is 43.5 Å². The van der Waals surface area contributed by atoms with Gasteiger partial charge < -0.3 is 9.64 Å². The van der Waals surface area contributed by atoms with Crippen molar-refractivity contribution in [1.29, 1.82) is 0 Å². The van der Waals surface area contributed by atoms with Gasteiger partial charge in [-0.05, 0) is 61.6 Å². The first-order valence-electron chi connectivity index (χ1n) is 10.2. The van der Waals surface area contributed by atoms with Crippen LogP contribution in [0.25, 0.3) is 11.1 Å². The molecule has 1 atom stereocenters. The Morgan fingerprint density at radius 1 is 1.17 bits per heavy atom. The molecule has 1 N–H and O–H groups in total. The van der Waals surface area contributed by atoms with E-state index in [1.807, 2.05) is 54.4 Å². The third-order valence-electron chi connectivity index (χ3n) is 5.41. The van der Waals surface area contributed by atoms with E-state index in [2.05, 4.69) is 15.2 Å².